The van der Waals surface area contributed by atoms with Crippen LogP contribution in [0.2, 0.25) is 0 Å². The van der Waals surface area contributed by atoms with E-state index in [2.05, 4.69) is 10.3 Å². The lowest BCUT2D eigenvalue weighted by molar-refractivity contribution is -0.134. The highest BCUT2D eigenvalue weighted by Gasteiger charge is 2.35. The summed E-state index contributed by atoms with van der Waals surface area (Å²) in [5, 5.41) is 3.13. The molecule has 0 spiro atoms. The van der Waals surface area contributed by atoms with Crippen LogP contribution < -0.4 is 19.5 Å². The van der Waals surface area contributed by atoms with Crippen LogP contribution in [0.4, 0.5) is 0 Å². The van der Waals surface area contributed by atoms with Crippen molar-refractivity contribution >= 4 is 5.91 Å². The van der Waals surface area contributed by atoms with E-state index in [4.69, 9.17) is 14.2 Å². The number of pyridine rings is 1. The molecular weight excluding hydrogens is 356 g/mol. The number of nitrogens with one attached hydrogen (secondary N) is 1. The zero-order valence-electron chi connectivity index (χ0n) is 16.3. The molecule has 28 heavy (non-hydrogen) atoms. The number of carbonyl (C=O) groups excluding carboxylic acids is 1. The molecule has 2 heterocycles. The van der Waals surface area contributed by atoms with Gasteiger partial charge in [0.05, 0.1) is 0 Å². The molecular formula is C22H26N2O4. The first-order chi connectivity index (χ1) is 13.6. The predicted molar refractivity (Wildman–Crippen MR) is 105 cm³/mol. The Kier molecular flexibility index (Phi) is 5.37. The first-order valence-electron chi connectivity index (χ1n) is 9.90. The number of hydrogen-bond donors (Lipinski definition) is 1. The number of hydrogen-bond acceptors (Lipinski definition) is 5. The normalized spacial score (nSPS) is 26.4. The third-order valence-corrected chi connectivity index (χ3v) is 5.29. The van der Waals surface area contributed by atoms with Crippen LogP contribution in [0.1, 0.15) is 38.2 Å². The largest absolute Gasteiger partial charge is 0.482 e. The smallest absolute Gasteiger partial charge is 0.265 e. The summed E-state index contributed by atoms with van der Waals surface area (Å²) < 4.78 is 17.7. The lowest BCUT2D eigenvalue weighted by atomic mass is 9.92. The van der Waals surface area contributed by atoms with Gasteiger partial charge >= 0.3 is 0 Å². The molecule has 0 bridgehead atoms. The van der Waals surface area contributed by atoms with E-state index in [0.29, 0.717) is 17.4 Å². The first kappa shape index (κ1) is 18.6. The van der Waals surface area contributed by atoms with E-state index in [0.717, 1.165) is 31.2 Å². The number of rotatable bonds is 4. The molecule has 6 nitrogen and oxygen atoms in total. The van der Waals surface area contributed by atoms with Crippen LogP contribution in [0.25, 0.3) is 0 Å². The van der Waals surface area contributed by atoms with Crippen molar-refractivity contribution in [3.63, 3.8) is 0 Å². The fourth-order valence-corrected chi connectivity index (χ4v) is 3.71. The van der Waals surface area contributed by atoms with Gasteiger partial charge in [-0.2, -0.15) is 0 Å². The van der Waals surface area contributed by atoms with E-state index in [-0.39, 0.29) is 24.2 Å². The number of ether oxygens (including phenoxy) is 3. The molecule has 1 aromatic carbocycles. The monoisotopic (exact) mass is 382 g/mol. The summed E-state index contributed by atoms with van der Waals surface area (Å²) in [4.78, 5) is 17.0. The Hall–Kier alpha value is -2.76. The molecule has 2 unspecified atom stereocenters. The second-order valence-electron chi connectivity index (χ2n) is 7.58. The van der Waals surface area contributed by atoms with Gasteiger partial charge in [-0.15, -0.1) is 0 Å². The third kappa shape index (κ3) is 4.21. The van der Waals surface area contributed by atoms with Gasteiger partial charge in [0, 0.05) is 18.3 Å². The zero-order chi connectivity index (χ0) is 19.5. The average molecular weight is 382 g/mol. The van der Waals surface area contributed by atoms with Gasteiger partial charge in [0.15, 0.2) is 11.5 Å². The summed E-state index contributed by atoms with van der Waals surface area (Å²) in [6.45, 7) is 3.87. The minimum absolute atomic E-state index is 0.119. The SMILES string of the molecule is Cc1ccc(OC2CCC(NC(=O)C3Oc4ccccc4OC3C)CC2)nc1. The van der Waals surface area contributed by atoms with E-state index >= 15 is 0 Å². The molecule has 2 aromatic rings. The lowest BCUT2D eigenvalue weighted by Gasteiger charge is -2.34. The number of aromatic nitrogens is 1. The van der Waals surface area contributed by atoms with Crippen LogP contribution in [-0.4, -0.2) is 35.2 Å². The number of nitrogens with zero attached hydrogens (tertiary/aromatic N) is 1. The molecule has 6 heteroatoms. The van der Waals surface area contributed by atoms with Crippen LogP contribution in [-0.2, 0) is 4.79 Å². The Labute approximate surface area is 165 Å². The minimum atomic E-state index is -0.638. The molecule has 1 aromatic heterocycles. The van der Waals surface area contributed by atoms with Crippen molar-refractivity contribution in [1.29, 1.82) is 0 Å². The predicted octanol–water partition coefficient (Wildman–Crippen LogP) is 3.42. The Morgan fingerprint density at radius 2 is 1.79 bits per heavy atom. The Bertz CT molecular complexity index is 816. The van der Waals surface area contributed by atoms with Gasteiger partial charge in [0.25, 0.3) is 5.91 Å². The van der Waals surface area contributed by atoms with Crippen molar-refractivity contribution in [3.8, 4) is 17.4 Å². The molecule has 148 valence electrons. The highest BCUT2D eigenvalue weighted by molar-refractivity contribution is 5.82. The number of amides is 1. The van der Waals surface area contributed by atoms with Gasteiger partial charge in [-0.05, 0) is 57.2 Å². The van der Waals surface area contributed by atoms with E-state index in [1.165, 1.54) is 0 Å². The minimum Gasteiger partial charge on any atom is -0.482 e. The van der Waals surface area contributed by atoms with Crippen molar-refractivity contribution in [2.45, 2.75) is 63.9 Å². The second-order valence-corrected chi connectivity index (χ2v) is 7.58. The quantitative estimate of drug-likeness (QED) is 0.877. The van der Waals surface area contributed by atoms with Crippen LogP contribution in [0.5, 0.6) is 17.4 Å². The number of benzene rings is 1. The van der Waals surface area contributed by atoms with Crippen LogP contribution >= 0.6 is 0 Å². The number of fused-ring (bicyclic) bond motifs is 1. The highest BCUT2D eigenvalue weighted by atomic mass is 16.6. The van der Waals surface area contributed by atoms with Crippen LogP contribution in [0.15, 0.2) is 42.6 Å². The second kappa shape index (κ2) is 8.09. The molecule has 4 rings (SSSR count). The Morgan fingerprint density at radius 3 is 2.46 bits per heavy atom. The van der Waals surface area contributed by atoms with Crippen molar-refractivity contribution in [3.05, 3.63) is 48.2 Å². The van der Waals surface area contributed by atoms with Crippen molar-refractivity contribution < 1.29 is 19.0 Å². The van der Waals surface area contributed by atoms with Gasteiger partial charge in [-0.1, -0.05) is 18.2 Å². The molecule has 0 saturated heterocycles. The highest BCUT2D eigenvalue weighted by Crippen LogP contribution is 2.33. The molecule has 1 aliphatic heterocycles. The van der Waals surface area contributed by atoms with E-state index < -0.39 is 6.10 Å². The van der Waals surface area contributed by atoms with Gasteiger partial charge < -0.3 is 19.5 Å². The molecule has 1 fully saturated rings. The Morgan fingerprint density at radius 1 is 1.07 bits per heavy atom. The number of carbonyl (C=O) groups is 1. The molecule has 1 saturated carbocycles. The molecule has 1 aliphatic carbocycles. The molecule has 2 aliphatic rings. The van der Waals surface area contributed by atoms with Gasteiger partial charge in [-0.25, -0.2) is 4.98 Å². The maximum Gasteiger partial charge on any atom is 0.265 e. The number of aryl methyl sites for hydroxylation is 1. The topological polar surface area (TPSA) is 69.7 Å². The lowest BCUT2D eigenvalue weighted by Crippen LogP contribution is -2.52. The van der Waals surface area contributed by atoms with Crippen molar-refractivity contribution in [2.24, 2.45) is 0 Å². The van der Waals surface area contributed by atoms with Crippen LogP contribution in [0, 0.1) is 6.92 Å². The van der Waals surface area contributed by atoms with Gasteiger partial charge in [0.2, 0.25) is 12.0 Å². The van der Waals surface area contributed by atoms with E-state index in [1.807, 2.05) is 56.4 Å². The summed E-state index contributed by atoms with van der Waals surface area (Å²) >= 11 is 0. The summed E-state index contributed by atoms with van der Waals surface area (Å²) in [7, 11) is 0. The summed E-state index contributed by atoms with van der Waals surface area (Å²) in [5.41, 5.74) is 1.12. The fourth-order valence-electron chi connectivity index (χ4n) is 3.71. The molecule has 1 amide bonds. The maximum atomic E-state index is 12.7. The molecule has 0 radical (unpaired) electrons. The third-order valence-electron chi connectivity index (χ3n) is 5.29. The Balaban J connectivity index is 1.27. The van der Waals surface area contributed by atoms with Crippen LogP contribution in [0.3, 0.4) is 0 Å². The van der Waals surface area contributed by atoms with Crippen molar-refractivity contribution in [1.82, 2.24) is 10.3 Å². The standard InChI is InChI=1S/C22H26N2O4/c1-14-7-12-20(23-13-14)27-17-10-8-16(9-11-17)24-22(25)21-15(2)26-18-5-3-4-6-19(18)28-21/h3-7,12-13,15-17,21H,8-11H2,1-2H3,(H,24,25). The van der Waals surface area contributed by atoms with Crippen molar-refractivity contribution in [2.75, 3.05) is 0 Å². The average Bonchev–Trinajstić information content (AvgIpc) is 2.70. The fraction of sp³-hybridized carbons (Fsp3) is 0.455. The first-order valence-corrected chi connectivity index (χ1v) is 9.90. The molecule has 2 atom stereocenters. The summed E-state index contributed by atoms with van der Waals surface area (Å²) in [5.74, 6) is 1.84. The van der Waals surface area contributed by atoms with E-state index in [1.54, 1.807) is 0 Å². The zero-order valence-corrected chi connectivity index (χ0v) is 16.3. The van der Waals surface area contributed by atoms with E-state index in [9.17, 15) is 4.79 Å². The number of para-hydroxylation sites is 2. The maximum absolute atomic E-state index is 12.7. The summed E-state index contributed by atoms with van der Waals surface area (Å²) in [6.07, 6.45) is 4.52. The van der Waals surface area contributed by atoms with Gasteiger partial charge in [0.1, 0.15) is 12.2 Å². The summed E-state index contributed by atoms with van der Waals surface area (Å²) in [6, 6.07) is 11.5. The van der Waals surface area contributed by atoms with Gasteiger partial charge in [-0.3, -0.25) is 4.79 Å². The molecule has 1 N–H and O–H groups in total.